The summed E-state index contributed by atoms with van der Waals surface area (Å²) in [4.78, 5) is 0. The maximum absolute atomic E-state index is 12.9. The molecule has 0 spiro atoms. The van der Waals surface area contributed by atoms with Crippen molar-refractivity contribution in [3.63, 3.8) is 0 Å². The average molecular weight is 269 g/mol. The highest BCUT2D eigenvalue weighted by atomic mass is 19.1. The van der Waals surface area contributed by atoms with Crippen molar-refractivity contribution in [1.82, 2.24) is 5.32 Å². The van der Waals surface area contributed by atoms with Gasteiger partial charge in [0.25, 0.3) is 0 Å². The maximum Gasteiger partial charge on any atom is 0.123 e. The Morgan fingerprint density at radius 3 is 2.30 bits per heavy atom. The summed E-state index contributed by atoms with van der Waals surface area (Å²) >= 11 is 0. The molecule has 2 heteroatoms. The van der Waals surface area contributed by atoms with Crippen molar-refractivity contribution in [3.05, 3.63) is 71.0 Å². The minimum atomic E-state index is -0.175. The van der Waals surface area contributed by atoms with Crippen molar-refractivity contribution in [2.45, 2.75) is 32.4 Å². The van der Waals surface area contributed by atoms with Crippen LogP contribution in [0, 0.1) is 18.7 Å². The van der Waals surface area contributed by atoms with E-state index in [0.717, 1.165) is 18.0 Å². The van der Waals surface area contributed by atoms with Gasteiger partial charge >= 0.3 is 0 Å². The second-order valence-corrected chi connectivity index (χ2v) is 5.73. The van der Waals surface area contributed by atoms with E-state index in [1.807, 2.05) is 12.1 Å². The van der Waals surface area contributed by atoms with E-state index < -0.39 is 0 Å². The molecule has 1 N–H and O–H groups in total. The van der Waals surface area contributed by atoms with E-state index in [0.29, 0.717) is 6.04 Å². The quantitative estimate of drug-likeness (QED) is 0.849. The Bertz CT molecular complexity index is 555. The first-order valence-corrected chi connectivity index (χ1v) is 7.27. The van der Waals surface area contributed by atoms with Gasteiger partial charge in [-0.15, -0.1) is 0 Å². The summed E-state index contributed by atoms with van der Waals surface area (Å²) in [5.41, 5.74) is 3.78. The zero-order chi connectivity index (χ0) is 13.9. The summed E-state index contributed by atoms with van der Waals surface area (Å²) in [6.07, 6.45) is 2.60. The highest BCUT2D eigenvalue weighted by molar-refractivity contribution is 5.26. The number of nitrogens with one attached hydrogen (secondary N) is 1. The molecule has 1 nitrogen and oxygen atoms in total. The zero-order valence-corrected chi connectivity index (χ0v) is 11.8. The minimum absolute atomic E-state index is 0.175. The molecular weight excluding hydrogens is 249 g/mol. The molecule has 0 saturated heterocycles. The van der Waals surface area contributed by atoms with Crippen molar-refractivity contribution in [2.24, 2.45) is 5.92 Å². The van der Waals surface area contributed by atoms with Crippen LogP contribution in [0.1, 0.15) is 35.6 Å². The molecule has 2 aromatic carbocycles. The summed E-state index contributed by atoms with van der Waals surface area (Å²) < 4.78 is 12.9. The molecule has 0 bridgehead atoms. The highest BCUT2D eigenvalue weighted by Gasteiger charge is 2.31. The largest absolute Gasteiger partial charge is 0.306 e. The molecule has 1 aliphatic carbocycles. The van der Waals surface area contributed by atoms with E-state index in [1.165, 1.54) is 36.1 Å². The van der Waals surface area contributed by atoms with Gasteiger partial charge in [0.1, 0.15) is 5.82 Å². The van der Waals surface area contributed by atoms with Crippen LogP contribution in [0.2, 0.25) is 0 Å². The van der Waals surface area contributed by atoms with Crippen LogP contribution in [0.4, 0.5) is 4.39 Å². The van der Waals surface area contributed by atoms with Crippen molar-refractivity contribution in [2.75, 3.05) is 0 Å². The van der Waals surface area contributed by atoms with Crippen LogP contribution in [0.25, 0.3) is 0 Å². The maximum atomic E-state index is 12.9. The molecule has 2 aromatic rings. The molecule has 1 fully saturated rings. The molecule has 104 valence electrons. The van der Waals surface area contributed by atoms with Crippen LogP contribution in [0.5, 0.6) is 0 Å². The molecule has 1 atom stereocenters. The third-order valence-electron chi connectivity index (χ3n) is 3.97. The molecule has 0 heterocycles. The van der Waals surface area contributed by atoms with Crippen LogP contribution in [-0.4, -0.2) is 0 Å². The fraction of sp³-hybridized carbons (Fsp3) is 0.333. The Kier molecular flexibility index (Phi) is 3.83. The lowest BCUT2D eigenvalue weighted by Crippen LogP contribution is -2.22. The lowest BCUT2D eigenvalue weighted by Gasteiger charge is -2.19. The predicted octanol–water partition coefficient (Wildman–Crippen LogP) is 4.38. The van der Waals surface area contributed by atoms with E-state index in [2.05, 4.69) is 36.5 Å². The average Bonchev–Trinajstić information content (AvgIpc) is 3.28. The van der Waals surface area contributed by atoms with Gasteiger partial charge in [-0.3, -0.25) is 0 Å². The molecule has 3 rings (SSSR count). The Hall–Kier alpha value is -1.67. The molecular formula is C18H20FN. The topological polar surface area (TPSA) is 12.0 Å². The summed E-state index contributed by atoms with van der Waals surface area (Å²) in [5.74, 6) is 0.573. The van der Waals surface area contributed by atoms with Crippen LogP contribution in [0.3, 0.4) is 0 Å². The van der Waals surface area contributed by atoms with Gasteiger partial charge < -0.3 is 5.32 Å². The van der Waals surface area contributed by atoms with E-state index in [9.17, 15) is 4.39 Å². The molecule has 20 heavy (non-hydrogen) atoms. The van der Waals surface area contributed by atoms with Crippen molar-refractivity contribution < 1.29 is 4.39 Å². The van der Waals surface area contributed by atoms with Crippen LogP contribution >= 0.6 is 0 Å². The van der Waals surface area contributed by atoms with Gasteiger partial charge in [-0.05, 0) is 48.9 Å². The Balaban J connectivity index is 1.68. The second kappa shape index (κ2) is 5.76. The number of rotatable bonds is 5. The highest BCUT2D eigenvalue weighted by Crippen LogP contribution is 2.41. The number of aryl methyl sites for hydroxylation is 1. The summed E-state index contributed by atoms with van der Waals surface area (Å²) in [5, 5.41) is 3.63. The van der Waals surface area contributed by atoms with E-state index >= 15 is 0 Å². The summed E-state index contributed by atoms with van der Waals surface area (Å²) in [7, 11) is 0. The first-order valence-electron chi connectivity index (χ1n) is 7.27. The third-order valence-corrected chi connectivity index (χ3v) is 3.97. The molecule has 0 amide bonds. The van der Waals surface area contributed by atoms with Gasteiger partial charge in [-0.25, -0.2) is 4.39 Å². The first-order chi connectivity index (χ1) is 9.72. The fourth-order valence-electron chi connectivity index (χ4n) is 2.59. The Morgan fingerprint density at radius 1 is 1.05 bits per heavy atom. The number of benzene rings is 2. The summed E-state index contributed by atoms with van der Waals surface area (Å²) in [6, 6.07) is 15.9. The number of hydrogen-bond donors (Lipinski definition) is 1. The molecule has 1 unspecified atom stereocenters. The molecule has 1 saturated carbocycles. The van der Waals surface area contributed by atoms with Crippen LogP contribution in [-0.2, 0) is 6.54 Å². The zero-order valence-electron chi connectivity index (χ0n) is 11.8. The predicted molar refractivity (Wildman–Crippen MR) is 79.9 cm³/mol. The summed E-state index contributed by atoms with van der Waals surface area (Å²) in [6.45, 7) is 2.90. The Labute approximate surface area is 119 Å². The fourth-order valence-corrected chi connectivity index (χ4v) is 2.59. The standard InChI is InChI=1S/C18H20FN/c1-13-2-6-15(7-3-13)18(16-8-9-16)20-12-14-4-10-17(19)11-5-14/h2-7,10-11,16,18,20H,8-9,12H2,1H3. The Morgan fingerprint density at radius 2 is 1.70 bits per heavy atom. The third kappa shape index (κ3) is 3.26. The smallest absolute Gasteiger partial charge is 0.123 e. The normalized spacial score (nSPS) is 16.1. The van der Waals surface area contributed by atoms with Gasteiger partial charge in [0.2, 0.25) is 0 Å². The van der Waals surface area contributed by atoms with Gasteiger partial charge in [-0.1, -0.05) is 42.0 Å². The monoisotopic (exact) mass is 269 g/mol. The van der Waals surface area contributed by atoms with E-state index in [1.54, 1.807) is 0 Å². The van der Waals surface area contributed by atoms with Crippen LogP contribution < -0.4 is 5.32 Å². The molecule has 0 aliphatic heterocycles. The van der Waals surface area contributed by atoms with Gasteiger partial charge in [0, 0.05) is 12.6 Å². The van der Waals surface area contributed by atoms with E-state index in [-0.39, 0.29) is 5.82 Å². The lowest BCUT2D eigenvalue weighted by molar-refractivity contribution is 0.480. The first kappa shape index (κ1) is 13.3. The minimum Gasteiger partial charge on any atom is -0.306 e. The number of hydrogen-bond acceptors (Lipinski definition) is 1. The lowest BCUT2D eigenvalue weighted by atomic mass is 10.0. The van der Waals surface area contributed by atoms with E-state index in [4.69, 9.17) is 0 Å². The second-order valence-electron chi connectivity index (χ2n) is 5.73. The van der Waals surface area contributed by atoms with Gasteiger partial charge in [0.15, 0.2) is 0 Å². The van der Waals surface area contributed by atoms with Gasteiger partial charge in [0.05, 0.1) is 0 Å². The molecule has 1 aliphatic rings. The van der Waals surface area contributed by atoms with Gasteiger partial charge in [-0.2, -0.15) is 0 Å². The molecule has 0 radical (unpaired) electrons. The van der Waals surface area contributed by atoms with Crippen molar-refractivity contribution in [3.8, 4) is 0 Å². The SMILES string of the molecule is Cc1ccc(C(NCc2ccc(F)cc2)C2CC2)cc1. The van der Waals surface area contributed by atoms with Crippen LogP contribution in [0.15, 0.2) is 48.5 Å². The van der Waals surface area contributed by atoms with Crippen molar-refractivity contribution in [1.29, 1.82) is 0 Å². The molecule has 0 aromatic heterocycles. The van der Waals surface area contributed by atoms with Crippen molar-refractivity contribution >= 4 is 0 Å². The number of halogens is 1.